The van der Waals surface area contributed by atoms with Crippen LogP contribution in [0.3, 0.4) is 0 Å². The Morgan fingerprint density at radius 3 is 2.47 bits per heavy atom. The number of rotatable bonds is 2. The number of benzene rings is 1. The molecule has 100 valence electrons. The summed E-state index contributed by atoms with van der Waals surface area (Å²) in [4.78, 5) is 3.90. The van der Waals surface area contributed by atoms with Crippen LogP contribution in [0.4, 0.5) is 18.9 Å². The van der Waals surface area contributed by atoms with Gasteiger partial charge in [0.1, 0.15) is 6.10 Å². The molecular formula is C13H11F3N2O. The minimum atomic E-state index is -4.48. The number of pyridine rings is 1. The molecule has 1 heterocycles. The standard InChI is InChI=1S/C13H11F3N2O/c14-13(15,16)8-4-5-10(17)9(7-8)12(19)11-3-1-2-6-18-11/h1-7,12,19H,17H2. The van der Waals surface area contributed by atoms with Crippen LogP contribution in [-0.2, 0) is 6.18 Å². The quantitative estimate of drug-likeness (QED) is 0.823. The van der Waals surface area contributed by atoms with Crippen molar-refractivity contribution in [1.82, 2.24) is 4.98 Å². The molecule has 2 rings (SSSR count). The molecule has 0 spiro atoms. The highest BCUT2D eigenvalue weighted by Crippen LogP contribution is 2.34. The first kappa shape index (κ1) is 13.4. The van der Waals surface area contributed by atoms with Crippen LogP contribution in [0.15, 0.2) is 42.6 Å². The van der Waals surface area contributed by atoms with Crippen LogP contribution in [0.2, 0.25) is 0 Å². The van der Waals surface area contributed by atoms with Crippen molar-refractivity contribution in [3.05, 3.63) is 59.4 Å². The molecule has 0 saturated heterocycles. The summed E-state index contributed by atoms with van der Waals surface area (Å²) in [5.41, 5.74) is 5.09. The molecule has 0 fully saturated rings. The molecule has 0 aliphatic heterocycles. The second kappa shape index (κ2) is 4.89. The first-order valence-electron chi connectivity index (χ1n) is 5.45. The molecule has 0 bridgehead atoms. The molecule has 2 aromatic rings. The summed E-state index contributed by atoms with van der Waals surface area (Å²) < 4.78 is 37.9. The van der Waals surface area contributed by atoms with Crippen LogP contribution in [0.1, 0.15) is 22.9 Å². The van der Waals surface area contributed by atoms with Crippen molar-refractivity contribution >= 4 is 5.69 Å². The number of hydrogen-bond acceptors (Lipinski definition) is 3. The van der Waals surface area contributed by atoms with Gasteiger partial charge in [0.15, 0.2) is 0 Å². The normalized spacial score (nSPS) is 13.3. The molecule has 1 atom stereocenters. The van der Waals surface area contributed by atoms with Gasteiger partial charge in [-0.1, -0.05) is 6.07 Å². The Balaban J connectivity index is 2.45. The summed E-state index contributed by atoms with van der Waals surface area (Å²) in [6.45, 7) is 0. The average molecular weight is 268 g/mol. The van der Waals surface area contributed by atoms with Gasteiger partial charge in [0.25, 0.3) is 0 Å². The lowest BCUT2D eigenvalue weighted by Crippen LogP contribution is -2.10. The van der Waals surface area contributed by atoms with Crippen LogP contribution in [0.25, 0.3) is 0 Å². The number of aliphatic hydroxyl groups excluding tert-OH is 1. The third-order valence-corrected chi connectivity index (χ3v) is 2.68. The zero-order valence-corrected chi connectivity index (χ0v) is 9.72. The van der Waals surface area contributed by atoms with E-state index in [2.05, 4.69) is 4.98 Å². The first-order chi connectivity index (χ1) is 8.89. The summed E-state index contributed by atoms with van der Waals surface area (Å²) in [5, 5.41) is 10.1. The van der Waals surface area contributed by atoms with Crippen molar-refractivity contribution in [3.8, 4) is 0 Å². The van der Waals surface area contributed by atoms with Crippen molar-refractivity contribution in [2.24, 2.45) is 0 Å². The second-order valence-corrected chi connectivity index (χ2v) is 4.00. The molecule has 1 aromatic carbocycles. The van der Waals surface area contributed by atoms with Crippen LogP contribution in [0.5, 0.6) is 0 Å². The molecule has 3 nitrogen and oxygen atoms in total. The predicted molar refractivity (Wildman–Crippen MR) is 64.2 cm³/mol. The Labute approximate surface area is 107 Å². The van der Waals surface area contributed by atoms with E-state index < -0.39 is 17.8 Å². The molecule has 1 unspecified atom stereocenters. The van der Waals surface area contributed by atoms with Crippen molar-refractivity contribution in [3.63, 3.8) is 0 Å². The predicted octanol–water partition coefficient (Wildman–Crippen LogP) is 2.76. The average Bonchev–Trinajstić information content (AvgIpc) is 2.38. The number of hydrogen-bond donors (Lipinski definition) is 2. The largest absolute Gasteiger partial charge is 0.416 e. The fourth-order valence-corrected chi connectivity index (χ4v) is 1.68. The topological polar surface area (TPSA) is 59.1 Å². The summed E-state index contributed by atoms with van der Waals surface area (Å²) >= 11 is 0. The van der Waals surface area contributed by atoms with Crippen molar-refractivity contribution in [2.75, 3.05) is 5.73 Å². The molecule has 0 amide bonds. The van der Waals surface area contributed by atoms with E-state index in [9.17, 15) is 18.3 Å². The van der Waals surface area contributed by atoms with Gasteiger partial charge in [-0.05, 0) is 30.3 Å². The monoisotopic (exact) mass is 268 g/mol. The number of nitrogen functional groups attached to an aromatic ring is 1. The lowest BCUT2D eigenvalue weighted by molar-refractivity contribution is -0.137. The van der Waals surface area contributed by atoms with Crippen molar-refractivity contribution in [1.29, 1.82) is 0 Å². The van der Waals surface area contributed by atoms with Crippen LogP contribution in [0, 0.1) is 0 Å². The third-order valence-electron chi connectivity index (χ3n) is 2.68. The Morgan fingerprint density at radius 1 is 1.16 bits per heavy atom. The summed E-state index contributed by atoms with van der Waals surface area (Å²) in [6, 6.07) is 7.65. The van der Waals surface area contributed by atoms with E-state index in [1.54, 1.807) is 12.1 Å². The molecule has 0 aliphatic rings. The Hall–Kier alpha value is -2.08. The number of aliphatic hydroxyl groups is 1. The molecule has 1 aromatic heterocycles. The van der Waals surface area contributed by atoms with E-state index in [1.807, 2.05) is 0 Å². The number of nitrogens with two attached hydrogens (primary N) is 1. The smallest absolute Gasteiger partial charge is 0.398 e. The van der Waals surface area contributed by atoms with Crippen molar-refractivity contribution < 1.29 is 18.3 Å². The van der Waals surface area contributed by atoms with Gasteiger partial charge in [-0.15, -0.1) is 0 Å². The van der Waals surface area contributed by atoms with Crippen LogP contribution >= 0.6 is 0 Å². The van der Waals surface area contributed by atoms with Crippen molar-refractivity contribution in [2.45, 2.75) is 12.3 Å². The highest BCUT2D eigenvalue weighted by atomic mass is 19.4. The molecular weight excluding hydrogens is 257 g/mol. The lowest BCUT2D eigenvalue weighted by atomic mass is 10.0. The molecule has 3 N–H and O–H groups in total. The van der Waals surface area contributed by atoms with E-state index in [0.29, 0.717) is 0 Å². The Morgan fingerprint density at radius 2 is 1.89 bits per heavy atom. The Kier molecular flexibility index (Phi) is 3.44. The number of halogens is 3. The summed E-state index contributed by atoms with van der Waals surface area (Å²) in [5.74, 6) is 0. The van der Waals surface area contributed by atoms with E-state index in [-0.39, 0.29) is 16.9 Å². The lowest BCUT2D eigenvalue weighted by Gasteiger charge is -2.15. The van der Waals surface area contributed by atoms with Gasteiger partial charge in [-0.3, -0.25) is 4.98 Å². The van der Waals surface area contributed by atoms with Gasteiger partial charge in [-0.2, -0.15) is 13.2 Å². The van der Waals surface area contributed by atoms with E-state index in [0.717, 1.165) is 18.2 Å². The number of anilines is 1. The number of aromatic nitrogens is 1. The highest BCUT2D eigenvalue weighted by Gasteiger charge is 2.31. The minimum Gasteiger partial charge on any atom is -0.398 e. The first-order valence-corrected chi connectivity index (χ1v) is 5.45. The van der Waals surface area contributed by atoms with E-state index in [4.69, 9.17) is 5.73 Å². The van der Waals surface area contributed by atoms with E-state index in [1.165, 1.54) is 12.3 Å². The summed E-state index contributed by atoms with van der Waals surface area (Å²) in [7, 11) is 0. The molecule has 0 saturated carbocycles. The number of nitrogens with zero attached hydrogens (tertiary/aromatic N) is 1. The third kappa shape index (κ3) is 2.85. The van der Waals surface area contributed by atoms with E-state index >= 15 is 0 Å². The van der Waals surface area contributed by atoms with Crippen LogP contribution in [-0.4, -0.2) is 10.1 Å². The fourth-order valence-electron chi connectivity index (χ4n) is 1.68. The fraction of sp³-hybridized carbons (Fsp3) is 0.154. The zero-order valence-electron chi connectivity index (χ0n) is 9.72. The van der Waals surface area contributed by atoms with Gasteiger partial charge >= 0.3 is 6.18 Å². The van der Waals surface area contributed by atoms with Crippen LogP contribution < -0.4 is 5.73 Å². The molecule has 0 aliphatic carbocycles. The maximum atomic E-state index is 12.6. The highest BCUT2D eigenvalue weighted by molar-refractivity contribution is 5.52. The zero-order chi connectivity index (χ0) is 14.0. The minimum absolute atomic E-state index is 0.00600. The van der Waals surface area contributed by atoms with Gasteiger partial charge in [0.2, 0.25) is 0 Å². The molecule has 6 heteroatoms. The maximum absolute atomic E-state index is 12.6. The molecule has 0 radical (unpaired) electrons. The second-order valence-electron chi connectivity index (χ2n) is 4.00. The van der Waals surface area contributed by atoms with Gasteiger partial charge in [-0.25, -0.2) is 0 Å². The molecule has 19 heavy (non-hydrogen) atoms. The Bertz CT molecular complexity index is 570. The maximum Gasteiger partial charge on any atom is 0.416 e. The summed E-state index contributed by atoms with van der Waals surface area (Å²) in [6.07, 6.45) is -4.32. The van der Waals surface area contributed by atoms with Gasteiger partial charge in [0.05, 0.1) is 11.3 Å². The number of alkyl halides is 3. The van der Waals surface area contributed by atoms with Gasteiger partial charge < -0.3 is 10.8 Å². The van der Waals surface area contributed by atoms with Gasteiger partial charge in [0, 0.05) is 17.4 Å². The SMILES string of the molecule is Nc1ccc(C(F)(F)F)cc1C(O)c1ccccn1.